The number of aromatic nitrogens is 1. The monoisotopic (exact) mass is 431 g/mol. The van der Waals surface area contributed by atoms with Crippen LogP contribution >= 0.6 is 11.3 Å². The van der Waals surface area contributed by atoms with Gasteiger partial charge in [0.2, 0.25) is 5.91 Å². The number of nitrogens with zero attached hydrogens (tertiary/aromatic N) is 2. The lowest BCUT2D eigenvalue weighted by Crippen LogP contribution is -2.38. The molecular formula is C20H21N3O6S. The van der Waals surface area contributed by atoms with E-state index in [2.05, 4.69) is 10.3 Å². The van der Waals surface area contributed by atoms with Gasteiger partial charge >= 0.3 is 11.9 Å². The third-order valence-corrected chi connectivity index (χ3v) is 5.12. The smallest absolute Gasteiger partial charge is 0.355 e. The van der Waals surface area contributed by atoms with Crippen molar-refractivity contribution in [2.45, 2.75) is 13.3 Å². The molecule has 0 spiro atoms. The highest BCUT2D eigenvalue weighted by molar-refractivity contribution is 7.14. The van der Waals surface area contributed by atoms with Gasteiger partial charge in [-0.3, -0.25) is 4.79 Å². The Kier molecular flexibility index (Phi) is 6.80. The quantitative estimate of drug-likeness (QED) is 0.696. The van der Waals surface area contributed by atoms with Crippen molar-refractivity contribution in [3.63, 3.8) is 0 Å². The summed E-state index contributed by atoms with van der Waals surface area (Å²) >= 11 is 1.32. The topological polar surface area (TPSA) is 107 Å². The first-order chi connectivity index (χ1) is 14.5. The Labute approximate surface area is 177 Å². The van der Waals surface area contributed by atoms with Crippen LogP contribution in [0, 0.1) is 0 Å². The Morgan fingerprint density at radius 3 is 2.70 bits per heavy atom. The molecule has 1 aromatic heterocycles. The molecule has 158 valence electrons. The summed E-state index contributed by atoms with van der Waals surface area (Å²) in [6.07, 6.45) is 0.366. The first kappa shape index (κ1) is 21.5. The minimum absolute atomic E-state index is 0.0557. The average Bonchev–Trinajstić information content (AvgIpc) is 3.25. The molecule has 0 unspecified atom stereocenters. The zero-order chi connectivity index (χ0) is 21.7. The summed E-state index contributed by atoms with van der Waals surface area (Å²) in [5.74, 6) is -1.44. The van der Waals surface area contributed by atoms with Crippen LogP contribution < -0.4 is 10.2 Å². The van der Waals surface area contributed by atoms with E-state index < -0.39 is 11.9 Å². The first-order valence-electron chi connectivity index (χ1n) is 9.09. The van der Waals surface area contributed by atoms with E-state index in [0.29, 0.717) is 22.9 Å². The van der Waals surface area contributed by atoms with Gasteiger partial charge in [-0.15, -0.1) is 11.3 Å². The molecule has 0 bridgehead atoms. The summed E-state index contributed by atoms with van der Waals surface area (Å²) in [5.41, 5.74) is 2.21. The van der Waals surface area contributed by atoms with Gasteiger partial charge in [0.15, 0.2) is 5.13 Å². The number of esters is 2. The number of rotatable bonds is 6. The molecule has 10 heteroatoms. The Hall–Kier alpha value is -3.24. The lowest BCUT2D eigenvalue weighted by molar-refractivity contribution is -0.140. The highest BCUT2D eigenvalue weighted by atomic mass is 32.1. The van der Waals surface area contributed by atoms with Crippen molar-refractivity contribution in [3.8, 4) is 11.3 Å². The number of amides is 1. The Morgan fingerprint density at radius 2 is 2.00 bits per heavy atom. The van der Waals surface area contributed by atoms with Crippen LogP contribution in [0.15, 0.2) is 40.9 Å². The van der Waals surface area contributed by atoms with Crippen molar-refractivity contribution in [2.24, 2.45) is 0 Å². The maximum absolute atomic E-state index is 12.4. The molecule has 1 N–H and O–H groups in total. The van der Waals surface area contributed by atoms with Gasteiger partial charge in [0.1, 0.15) is 12.4 Å². The van der Waals surface area contributed by atoms with Gasteiger partial charge in [-0.25, -0.2) is 14.6 Å². The number of methoxy groups -OCH3 is 2. The molecule has 2 aromatic rings. The second-order valence-electron chi connectivity index (χ2n) is 6.21. The summed E-state index contributed by atoms with van der Waals surface area (Å²) in [7, 11) is 2.48. The largest absolute Gasteiger partial charge is 0.466 e. The van der Waals surface area contributed by atoms with E-state index in [-0.39, 0.29) is 30.5 Å². The maximum Gasteiger partial charge on any atom is 0.355 e. The zero-order valence-electron chi connectivity index (χ0n) is 16.8. The molecule has 0 fully saturated rings. The minimum atomic E-state index is -0.665. The normalized spacial score (nSPS) is 13.8. The number of thiazole rings is 1. The number of benzene rings is 1. The molecule has 0 atom stereocenters. The van der Waals surface area contributed by atoms with Crippen molar-refractivity contribution in [2.75, 3.05) is 37.8 Å². The number of carbonyl (C=O) groups is 3. The Morgan fingerprint density at radius 1 is 1.23 bits per heavy atom. The lowest BCUT2D eigenvalue weighted by atomic mass is 10.1. The third-order valence-electron chi connectivity index (χ3n) is 4.36. The van der Waals surface area contributed by atoms with Gasteiger partial charge in [-0.2, -0.15) is 0 Å². The van der Waals surface area contributed by atoms with Crippen molar-refractivity contribution in [3.05, 3.63) is 40.9 Å². The molecule has 1 aliphatic rings. The number of carbonyl (C=O) groups excluding carboxylic acids is 3. The van der Waals surface area contributed by atoms with E-state index >= 15 is 0 Å². The van der Waals surface area contributed by atoms with Gasteiger partial charge in [0.25, 0.3) is 0 Å². The molecule has 3 rings (SSSR count). The summed E-state index contributed by atoms with van der Waals surface area (Å²) < 4.78 is 15.2. The first-order valence-corrected chi connectivity index (χ1v) is 9.97. The molecule has 30 heavy (non-hydrogen) atoms. The van der Waals surface area contributed by atoms with Crippen LogP contribution in [-0.2, 0) is 28.6 Å². The van der Waals surface area contributed by atoms with E-state index in [1.165, 1.54) is 25.6 Å². The van der Waals surface area contributed by atoms with Gasteiger partial charge < -0.3 is 24.4 Å². The highest BCUT2D eigenvalue weighted by Gasteiger charge is 2.32. The van der Waals surface area contributed by atoms with Gasteiger partial charge in [0.05, 0.1) is 32.1 Å². The number of hydrogen-bond acceptors (Lipinski definition) is 9. The van der Waals surface area contributed by atoms with Crippen LogP contribution in [0.1, 0.15) is 13.3 Å². The summed E-state index contributed by atoms with van der Waals surface area (Å²) in [6, 6.07) is 7.25. The van der Waals surface area contributed by atoms with Crippen LogP contribution in [0.2, 0.25) is 0 Å². The average molecular weight is 431 g/mol. The van der Waals surface area contributed by atoms with E-state index in [0.717, 1.165) is 5.56 Å². The standard InChI is InChI=1S/C20H21N3O6S/c1-4-16(24)22-20-21-15(10-30-20)12-6-5-7-13(8-12)23-11-29-9-14(18(25)27-2)17(23)19(26)28-3/h5-8,10H,4,9,11H2,1-3H3,(H,21,22,24). The second kappa shape index (κ2) is 9.51. The van der Waals surface area contributed by atoms with Gasteiger partial charge in [-0.1, -0.05) is 19.1 Å². The van der Waals surface area contributed by atoms with Gasteiger partial charge in [-0.05, 0) is 12.1 Å². The van der Waals surface area contributed by atoms with E-state index in [1.807, 2.05) is 17.5 Å². The molecule has 2 heterocycles. The fourth-order valence-electron chi connectivity index (χ4n) is 2.85. The van der Waals surface area contributed by atoms with E-state index in [1.54, 1.807) is 24.0 Å². The molecule has 1 aromatic carbocycles. The van der Waals surface area contributed by atoms with Crippen LogP contribution in [0.25, 0.3) is 11.3 Å². The van der Waals surface area contributed by atoms with E-state index in [9.17, 15) is 14.4 Å². The summed E-state index contributed by atoms with van der Waals surface area (Å²) in [6.45, 7) is 1.77. The Bertz CT molecular complexity index is 1000. The predicted molar refractivity (Wildman–Crippen MR) is 111 cm³/mol. The second-order valence-corrected chi connectivity index (χ2v) is 7.06. The van der Waals surface area contributed by atoms with Crippen LogP contribution in [-0.4, -0.2) is 50.4 Å². The molecule has 0 saturated heterocycles. The van der Waals surface area contributed by atoms with E-state index in [4.69, 9.17) is 14.2 Å². The molecule has 0 radical (unpaired) electrons. The minimum Gasteiger partial charge on any atom is -0.466 e. The van der Waals surface area contributed by atoms with Gasteiger partial charge in [0, 0.05) is 23.1 Å². The fraction of sp³-hybridized carbons (Fsp3) is 0.300. The van der Waals surface area contributed by atoms with Crippen molar-refractivity contribution < 1.29 is 28.6 Å². The number of nitrogens with one attached hydrogen (secondary N) is 1. The molecule has 0 aliphatic carbocycles. The Balaban J connectivity index is 1.97. The number of hydrogen-bond donors (Lipinski definition) is 1. The van der Waals surface area contributed by atoms with Crippen LogP contribution in [0.3, 0.4) is 0 Å². The fourth-order valence-corrected chi connectivity index (χ4v) is 3.59. The predicted octanol–water partition coefficient (Wildman–Crippen LogP) is 2.55. The number of ether oxygens (including phenoxy) is 3. The third kappa shape index (κ3) is 4.50. The molecule has 1 aliphatic heterocycles. The van der Waals surface area contributed by atoms with Crippen LogP contribution in [0.5, 0.6) is 0 Å². The van der Waals surface area contributed by atoms with Crippen molar-refractivity contribution in [1.82, 2.24) is 4.98 Å². The highest BCUT2D eigenvalue weighted by Crippen LogP contribution is 2.31. The summed E-state index contributed by atoms with van der Waals surface area (Å²) in [5, 5.41) is 5.07. The maximum atomic E-state index is 12.4. The molecular weight excluding hydrogens is 410 g/mol. The van der Waals surface area contributed by atoms with Crippen molar-refractivity contribution in [1.29, 1.82) is 0 Å². The SMILES string of the molecule is CCC(=O)Nc1nc(-c2cccc(N3COCC(C(=O)OC)=C3C(=O)OC)c2)cs1. The molecule has 9 nitrogen and oxygen atoms in total. The zero-order valence-corrected chi connectivity index (χ0v) is 17.6. The van der Waals surface area contributed by atoms with Crippen LogP contribution in [0.4, 0.5) is 10.8 Å². The van der Waals surface area contributed by atoms with Crippen molar-refractivity contribution >= 4 is 40.0 Å². The lowest BCUT2D eigenvalue weighted by Gasteiger charge is -2.31. The summed E-state index contributed by atoms with van der Waals surface area (Å²) in [4.78, 5) is 42.1. The molecule has 0 saturated carbocycles. The number of anilines is 2. The molecule has 1 amide bonds.